The van der Waals surface area contributed by atoms with Gasteiger partial charge in [0.15, 0.2) is 5.82 Å². The average Bonchev–Trinajstić information content (AvgIpc) is 4.00. The molecule has 6 nitrogen and oxygen atoms in total. The Kier molecular flexibility index (Phi) is 11.6. The van der Waals surface area contributed by atoms with Crippen LogP contribution in [0.1, 0.15) is 74.0 Å². The molecule has 0 spiro atoms. The van der Waals surface area contributed by atoms with Gasteiger partial charge in [-0.3, -0.25) is 4.79 Å². The standard InChI is InChI=1S/C40H38ClF4N3O.CH2O2/c1-24-17-34(45)38-35(18-24)48(23-40(13-14-40)15-16-46)37(47-38)22-29-31(42)19-26(20-32(29)43)7-5-6-8-36(25(2)27-9-10-27)49-39(3,4)30-12-11-28(41)21-33(30)44;2-1-3/h5-6,8,11-12,17-21,27H,2,7,9-10,13-15,22-23H2,1,3-4H3;1H,(H,2,3)/b6-5-,36-8+;. The van der Waals surface area contributed by atoms with E-state index in [9.17, 15) is 14.0 Å². The number of ether oxygens (including phenoxy) is 1. The largest absolute Gasteiger partial charge is 0.483 e. The van der Waals surface area contributed by atoms with Crippen LogP contribution < -0.4 is 0 Å². The Morgan fingerprint density at radius 1 is 1.12 bits per heavy atom. The van der Waals surface area contributed by atoms with E-state index in [-0.39, 0.29) is 41.7 Å². The Bertz CT molecular complexity index is 2080. The van der Waals surface area contributed by atoms with E-state index in [1.54, 1.807) is 51.1 Å². The molecule has 1 N–H and O–H groups in total. The highest BCUT2D eigenvalue weighted by molar-refractivity contribution is 6.30. The number of hydrogen-bond acceptors (Lipinski definition) is 4. The third kappa shape index (κ3) is 8.94. The molecule has 2 aliphatic rings. The van der Waals surface area contributed by atoms with Crippen LogP contribution in [0.15, 0.2) is 78.6 Å². The van der Waals surface area contributed by atoms with Gasteiger partial charge in [0.2, 0.25) is 0 Å². The molecule has 3 aromatic carbocycles. The Hall–Kier alpha value is -4.88. The zero-order valence-corrected chi connectivity index (χ0v) is 30.0. The van der Waals surface area contributed by atoms with E-state index < -0.39 is 28.9 Å². The number of rotatable bonds is 13. The van der Waals surface area contributed by atoms with Crippen LogP contribution in [0.5, 0.6) is 0 Å². The van der Waals surface area contributed by atoms with E-state index >= 15 is 8.78 Å². The van der Waals surface area contributed by atoms with Gasteiger partial charge in [-0.15, -0.1) is 0 Å². The molecule has 52 heavy (non-hydrogen) atoms. The number of carboxylic acid groups (broad SMARTS) is 1. The molecule has 2 aliphatic carbocycles. The molecule has 0 atom stereocenters. The molecule has 1 aromatic heterocycles. The summed E-state index contributed by atoms with van der Waals surface area (Å²) in [6.45, 7) is 9.72. The summed E-state index contributed by atoms with van der Waals surface area (Å²) in [5.74, 6) is -1.24. The summed E-state index contributed by atoms with van der Waals surface area (Å²) in [6, 6.07) is 12.5. The van der Waals surface area contributed by atoms with Gasteiger partial charge in [-0.1, -0.05) is 36.4 Å². The summed E-state index contributed by atoms with van der Waals surface area (Å²) < 4.78 is 68.9. The minimum absolute atomic E-state index is 0.151. The number of hydrogen-bond donors (Lipinski definition) is 1. The number of imidazole rings is 1. The summed E-state index contributed by atoms with van der Waals surface area (Å²) in [7, 11) is 0. The predicted octanol–water partition coefficient (Wildman–Crippen LogP) is 10.4. The van der Waals surface area contributed by atoms with Crippen LogP contribution in [0, 0.1) is 52.9 Å². The molecule has 4 aromatic rings. The Labute approximate surface area is 305 Å². The second kappa shape index (κ2) is 15.8. The van der Waals surface area contributed by atoms with E-state index in [4.69, 9.17) is 26.2 Å². The molecule has 0 bridgehead atoms. The van der Waals surface area contributed by atoms with Crippen molar-refractivity contribution >= 4 is 29.1 Å². The van der Waals surface area contributed by atoms with Crippen molar-refractivity contribution in [3.63, 3.8) is 0 Å². The fourth-order valence-electron chi connectivity index (χ4n) is 6.35. The molecule has 11 heteroatoms. The van der Waals surface area contributed by atoms with E-state index in [2.05, 4.69) is 17.6 Å². The van der Waals surface area contributed by atoms with Crippen molar-refractivity contribution in [1.82, 2.24) is 9.55 Å². The van der Waals surface area contributed by atoms with E-state index in [0.29, 0.717) is 51.8 Å². The lowest BCUT2D eigenvalue weighted by Gasteiger charge is -2.29. The first-order valence-corrected chi connectivity index (χ1v) is 17.4. The minimum Gasteiger partial charge on any atom is -0.483 e. The maximum Gasteiger partial charge on any atom is 0.290 e. The van der Waals surface area contributed by atoms with Crippen molar-refractivity contribution in [2.45, 2.75) is 77.9 Å². The van der Waals surface area contributed by atoms with Gasteiger partial charge in [-0.2, -0.15) is 5.26 Å². The molecule has 1 heterocycles. The highest BCUT2D eigenvalue weighted by atomic mass is 35.5. The van der Waals surface area contributed by atoms with Gasteiger partial charge >= 0.3 is 0 Å². The lowest BCUT2D eigenvalue weighted by molar-refractivity contribution is -0.122. The second-order valence-electron chi connectivity index (χ2n) is 14.1. The van der Waals surface area contributed by atoms with Crippen molar-refractivity contribution in [2.24, 2.45) is 11.3 Å². The number of aryl methyl sites for hydroxylation is 1. The van der Waals surface area contributed by atoms with Crippen LogP contribution in [0.3, 0.4) is 0 Å². The summed E-state index contributed by atoms with van der Waals surface area (Å²) >= 11 is 5.95. The summed E-state index contributed by atoms with van der Waals surface area (Å²) in [6.07, 6.45) is 9.39. The maximum absolute atomic E-state index is 15.5. The fraction of sp³-hybridized carbons (Fsp3) is 0.341. The first-order chi connectivity index (χ1) is 24.7. The smallest absolute Gasteiger partial charge is 0.290 e. The first kappa shape index (κ1) is 38.4. The van der Waals surface area contributed by atoms with E-state index in [1.165, 1.54) is 24.3 Å². The SMILES string of the molecule is C=C(/C(=C\C=C/Cc1cc(F)c(Cc2nc3c(F)cc(C)cc3n2CC2(CC#N)CC2)c(F)c1)OC(C)(C)c1ccc(Cl)cc1F)C1CC1.O=CO. The molecule has 2 fully saturated rings. The summed E-state index contributed by atoms with van der Waals surface area (Å²) in [4.78, 5) is 12.9. The van der Waals surface area contributed by atoms with Crippen molar-refractivity contribution in [3.05, 3.63) is 135 Å². The van der Waals surface area contributed by atoms with Crippen LogP contribution in [0.25, 0.3) is 11.0 Å². The molecule has 0 radical (unpaired) electrons. The van der Waals surface area contributed by atoms with E-state index in [0.717, 1.165) is 31.3 Å². The van der Waals surface area contributed by atoms with Gasteiger partial charge in [0.1, 0.15) is 40.2 Å². The highest BCUT2D eigenvalue weighted by Gasteiger charge is 2.43. The zero-order valence-electron chi connectivity index (χ0n) is 29.3. The van der Waals surface area contributed by atoms with Crippen LogP contribution >= 0.6 is 11.6 Å². The number of fused-ring (bicyclic) bond motifs is 1. The van der Waals surface area contributed by atoms with Gasteiger partial charge in [-0.05, 0) is 118 Å². The van der Waals surface area contributed by atoms with Gasteiger partial charge in [-0.25, -0.2) is 22.5 Å². The third-order valence-electron chi connectivity index (χ3n) is 9.54. The van der Waals surface area contributed by atoms with Crippen LogP contribution in [-0.4, -0.2) is 21.1 Å². The first-order valence-electron chi connectivity index (χ1n) is 17.0. The molecule has 0 aliphatic heterocycles. The number of aromatic nitrogens is 2. The molecular formula is C41H40ClF4N3O3. The Morgan fingerprint density at radius 3 is 2.38 bits per heavy atom. The Balaban J connectivity index is 0.00000168. The minimum atomic E-state index is -1.02. The fourth-order valence-corrected chi connectivity index (χ4v) is 6.51. The lowest BCUT2D eigenvalue weighted by Crippen LogP contribution is -2.23. The molecule has 2 saturated carbocycles. The highest BCUT2D eigenvalue weighted by Crippen LogP contribution is 2.50. The number of allylic oxidation sites excluding steroid dienone is 4. The van der Waals surface area contributed by atoms with Crippen molar-refractivity contribution in [2.75, 3.05) is 0 Å². The predicted molar refractivity (Wildman–Crippen MR) is 192 cm³/mol. The van der Waals surface area contributed by atoms with Crippen LogP contribution in [-0.2, 0) is 34.5 Å². The van der Waals surface area contributed by atoms with Crippen LogP contribution in [0.2, 0.25) is 5.02 Å². The van der Waals surface area contributed by atoms with Gasteiger partial charge in [0, 0.05) is 41.0 Å². The third-order valence-corrected chi connectivity index (χ3v) is 9.78. The second-order valence-corrected chi connectivity index (χ2v) is 14.5. The zero-order chi connectivity index (χ0) is 37.8. The molecule has 272 valence electrons. The normalized spacial score (nSPS) is 15.2. The van der Waals surface area contributed by atoms with Gasteiger partial charge < -0.3 is 14.4 Å². The number of nitrogens with zero attached hydrogens (tertiary/aromatic N) is 3. The molecule has 6 rings (SSSR count). The van der Waals surface area contributed by atoms with Crippen molar-refractivity contribution in [3.8, 4) is 6.07 Å². The Morgan fingerprint density at radius 2 is 1.79 bits per heavy atom. The average molecular weight is 734 g/mol. The molecular weight excluding hydrogens is 694 g/mol. The number of benzene rings is 3. The van der Waals surface area contributed by atoms with Gasteiger partial charge in [0.25, 0.3) is 6.47 Å². The number of halogens is 5. The maximum atomic E-state index is 15.5. The van der Waals surface area contributed by atoms with Crippen molar-refractivity contribution < 1.29 is 32.2 Å². The topological polar surface area (TPSA) is 88.1 Å². The van der Waals surface area contributed by atoms with Gasteiger partial charge in [0.05, 0.1) is 11.6 Å². The van der Waals surface area contributed by atoms with Crippen molar-refractivity contribution in [1.29, 1.82) is 5.26 Å². The summed E-state index contributed by atoms with van der Waals surface area (Å²) in [5, 5.41) is 16.5. The monoisotopic (exact) mass is 733 g/mol. The molecule has 0 amide bonds. The molecule has 0 saturated heterocycles. The summed E-state index contributed by atoms with van der Waals surface area (Å²) in [5.41, 5.74) is 1.60. The number of carbonyl (C=O) groups is 1. The molecule has 0 unspecified atom stereocenters. The number of nitriles is 1. The lowest BCUT2D eigenvalue weighted by atomic mass is 9.96. The quantitative estimate of drug-likeness (QED) is 0.0640. The van der Waals surface area contributed by atoms with E-state index in [1.807, 2.05) is 10.6 Å². The van der Waals surface area contributed by atoms with Crippen LogP contribution in [0.4, 0.5) is 17.6 Å².